The largest absolute Gasteiger partial charge is 0.459 e. The topological polar surface area (TPSA) is 91.7 Å². The number of nitrogens with zero attached hydrogens (tertiary/aromatic N) is 1. The van der Waals surface area contributed by atoms with Crippen LogP contribution in [0.5, 0.6) is 0 Å². The quantitative estimate of drug-likeness (QED) is 0.698. The van der Waals surface area contributed by atoms with E-state index in [1.165, 1.54) is 6.26 Å². The number of carbonyl (C=O) groups excluding carboxylic acids is 3. The van der Waals surface area contributed by atoms with Crippen LogP contribution in [0.4, 0.5) is 5.69 Å². The van der Waals surface area contributed by atoms with Gasteiger partial charge >= 0.3 is 0 Å². The third-order valence-electron chi connectivity index (χ3n) is 4.42. The number of anilines is 1. The zero-order chi connectivity index (χ0) is 19.1. The van der Waals surface area contributed by atoms with Crippen LogP contribution in [0.1, 0.15) is 41.8 Å². The number of hydrogen-bond donors (Lipinski definition) is 2. The van der Waals surface area contributed by atoms with Crippen LogP contribution in [0, 0.1) is 0 Å². The maximum atomic E-state index is 11.9. The first-order chi connectivity index (χ1) is 13.1. The van der Waals surface area contributed by atoms with Crippen molar-refractivity contribution in [2.45, 2.75) is 32.2 Å². The van der Waals surface area contributed by atoms with E-state index in [1.54, 1.807) is 17.0 Å². The minimum Gasteiger partial charge on any atom is -0.459 e. The molecule has 1 fully saturated rings. The van der Waals surface area contributed by atoms with Crippen molar-refractivity contribution in [1.82, 2.24) is 10.6 Å². The molecule has 1 saturated heterocycles. The van der Waals surface area contributed by atoms with Crippen LogP contribution < -0.4 is 15.5 Å². The van der Waals surface area contributed by atoms with E-state index < -0.39 is 0 Å². The van der Waals surface area contributed by atoms with E-state index in [0.717, 1.165) is 24.2 Å². The van der Waals surface area contributed by atoms with Crippen LogP contribution in [0.3, 0.4) is 0 Å². The Bertz CT molecular complexity index is 784. The first-order valence-corrected chi connectivity index (χ1v) is 9.11. The summed E-state index contributed by atoms with van der Waals surface area (Å²) in [5, 5.41) is 5.57. The van der Waals surface area contributed by atoms with E-state index >= 15 is 0 Å². The van der Waals surface area contributed by atoms with Crippen LogP contribution in [0.2, 0.25) is 0 Å². The molecule has 1 aromatic carbocycles. The van der Waals surface area contributed by atoms with Gasteiger partial charge in [0.25, 0.3) is 5.91 Å². The molecule has 0 radical (unpaired) electrons. The van der Waals surface area contributed by atoms with Gasteiger partial charge in [0.2, 0.25) is 11.8 Å². The molecule has 0 aliphatic carbocycles. The van der Waals surface area contributed by atoms with Crippen LogP contribution in [-0.2, 0) is 16.1 Å². The molecule has 2 N–H and O–H groups in total. The van der Waals surface area contributed by atoms with Gasteiger partial charge in [-0.05, 0) is 42.7 Å². The number of carbonyl (C=O) groups is 3. The van der Waals surface area contributed by atoms with Gasteiger partial charge in [0.1, 0.15) is 0 Å². The Morgan fingerprint density at radius 2 is 1.93 bits per heavy atom. The van der Waals surface area contributed by atoms with Crippen LogP contribution in [-0.4, -0.2) is 30.8 Å². The third-order valence-corrected chi connectivity index (χ3v) is 4.42. The average Bonchev–Trinajstić information content (AvgIpc) is 3.36. The number of furan rings is 1. The highest BCUT2D eigenvalue weighted by Crippen LogP contribution is 2.21. The highest BCUT2D eigenvalue weighted by molar-refractivity contribution is 5.95. The van der Waals surface area contributed by atoms with E-state index in [2.05, 4.69) is 10.6 Å². The van der Waals surface area contributed by atoms with Crippen molar-refractivity contribution in [2.24, 2.45) is 0 Å². The van der Waals surface area contributed by atoms with Gasteiger partial charge in [0.15, 0.2) is 5.76 Å². The molecule has 7 heteroatoms. The van der Waals surface area contributed by atoms with Crippen molar-refractivity contribution in [3.05, 3.63) is 54.0 Å². The third kappa shape index (κ3) is 5.20. The molecular weight excluding hydrogens is 346 g/mol. The predicted molar refractivity (Wildman–Crippen MR) is 100 cm³/mol. The first kappa shape index (κ1) is 18.7. The Hall–Kier alpha value is -3.09. The molecule has 0 unspecified atom stereocenters. The molecule has 0 saturated carbocycles. The Kier molecular flexibility index (Phi) is 6.25. The van der Waals surface area contributed by atoms with Gasteiger partial charge in [-0.25, -0.2) is 0 Å². The molecule has 0 atom stereocenters. The molecule has 27 heavy (non-hydrogen) atoms. The van der Waals surface area contributed by atoms with Gasteiger partial charge in [-0.2, -0.15) is 0 Å². The van der Waals surface area contributed by atoms with Gasteiger partial charge in [0.05, 0.1) is 6.26 Å². The molecule has 7 nitrogen and oxygen atoms in total. The van der Waals surface area contributed by atoms with Crippen molar-refractivity contribution < 1.29 is 18.8 Å². The standard InChI is InChI=1S/C20H23N3O4/c24-18(5-1-11-21-20(26)17-4-3-13-27-17)22-14-15-7-9-16(10-8-15)23-12-2-6-19(23)25/h3-4,7-10,13H,1-2,5-6,11-12,14H2,(H,21,26)(H,22,24). The zero-order valence-corrected chi connectivity index (χ0v) is 15.1. The van der Waals surface area contributed by atoms with Gasteiger partial charge in [-0.3, -0.25) is 14.4 Å². The van der Waals surface area contributed by atoms with Crippen LogP contribution in [0.15, 0.2) is 47.1 Å². The summed E-state index contributed by atoms with van der Waals surface area (Å²) >= 11 is 0. The maximum Gasteiger partial charge on any atom is 0.286 e. The summed E-state index contributed by atoms with van der Waals surface area (Å²) in [7, 11) is 0. The summed E-state index contributed by atoms with van der Waals surface area (Å²) < 4.78 is 4.99. The molecule has 2 aromatic rings. The fourth-order valence-corrected chi connectivity index (χ4v) is 2.95. The van der Waals surface area contributed by atoms with Gasteiger partial charge < -0.3 is 20.0 Å². The monoisotopic (exact) mass is 369 g/mol. The van der Waals surface area contributed by atoms with Gasteiger partial charge in [-0.1, -0.05) is 12.1 Å². The number of amides is 3. The van der Waals surface area contributed by atoms with Gasteiger partial charge in [-0.15, -0.1) is 0 Å². The van der Waals surface area contributed by atoms with Crippen molar-refractivity contribution in [3.8, 4) is 0 Å². The van der Waals surface area contributed by atoms with Crippen LogP contribution >= 0.6 is 0 Å². The molecule has 1 aromatic heterocycles. The summed E-state index contributed by atoms with van der Waals surface area (Å²) in [5.41, 5.74) is 1.88. The fraction of sp³-hybridized carbons (Fsp3) is 0.350. The second-order valence-electron chi connectivity index (χ2n) is 6.43. The minimum absolute atomic E-state index is 0.0685. The van der Waals surface area contributed by atoms with Crippen molar-refractivity contribution in [2.75, 3.05) is 18.0 Å². The number of benzene rings is 1. The SMILES string of the molecule is O=C(CCCNC(=O)c1ccco1)NCc1ccc(N2CCCC2=O)cc1. The molecule has 2 heterocycles. The second kappa shape index (κ2) is 9.02. The van der Waals surface area contributed by atoms with E-state index in [4.69, 9.17) is 4.42 Å². The molecule has 142 valence electrons. The number of rotatable bonds is 8. The lowest BCUT2D eigenvalue weighted by Crippen LogP contribution is -2.27. The highest BCUT2D eigenvalue weighted by atomic mass is 16.3. The average molecular weight is 369 g/mol. The number of hydrogen-bond acceptors (Lipinski definition) is 4. The second-order valence-corrected chi connectivity index (χ2v) is 6.43. The summed E-state index contributed by atoms with van der Waals surface area (Å²) in [6.45, 7) is 1.61. The zero-order valence-electron chi connectivity index (χ0n) is 15.1. The lowest BCUT2D eigenvalue weighted by Gasteiger charge is -2.16. The van der Waals surface area contributed by atoms with Crippen LogP contribution in [0.25, 0.3) is 0 Å². The van der Waals surface area contributed by atoms with Crippen molar-refractivity contribution >= 4 is 23.4 Å². The molecule has 0 bridgehead atoms. The van der Waals surface area contributed by atoms with E-state index in [0.29, 0.717) is 32.4 Å². The minimum atomic E-state index is -0.281. The molecule has 3 rings (SSSR count). The maximum absolute atomic E-state index is 11.9. The summed E-state index contributed by atoms with van der Waals surface area (Å²) in [4.78, 5) is 37.1. The fourth-order valence-electron chi connectivity index (χ4n) is 2.95. The molecule has 1 aliphatic rings. The summed E-state index contributed by atoms with van der Waals surface area (Å²) in [5.74, 6) is 0.0757. The van der Waals surface area contributed by atoms with E-state index in [-0.39, 0.29) is 23.5 Å². The Morgan fingerprint density at radius 1 is 1.11 bits per heavy atom. The Morgan fingerprint density at radius 3 is 2.59 bits per heavy atom. The Balaban J connectivity index is 1.34. The molecule has 0 spiro atoms. The van der Waals surface area contributed by atoms with Gasteiger partial charge in [0, 0.05) is 38.2 Å². The van der Waals surface area contributed by atoms with E-state index in [1.807, 2.05) is 24.3 Å². The van der Waals surface area contributed by atoms with Crippen molar-refractivity contribution in [3.63, 3.8) is 0 Å². The van der Waals surface area contributed by atoms with Crippen molar-refractivity contribution in [1.29, 1.82) is 0 Å². The van der Waals surface area contributed by atoms with E-state index in [9.17, 15) is 14.4 Å². The lowest BCUT2D eigenvalue weighted by molar-refractivity contribution is -0.121. The summed E-state index contributed by atoms with van der Waals surface area (Å²) in [6.07, 6.45) is 3.84. The first-order valence-electron chi connectivity index (χ1n) is 9.11. The lowest BCUT2D eigenvalue weighted by atomic mass is 10.2. The molecule has 3 amide bonds. The summed E-state index contributed by atoms with van der Waals surface area (Å²) in [6, 6.07) is 10.9. The predicted octanol–water partition coefficient (Wildman–Crippen LogP) is 2.23. The smallest absolute Gasteiger partial charge is 0.286 e. The number of nitrogens with one attached hydrogen (secondary N) is 2. The molecule has 1 aliphatic heterocycles. The molecular formula is C20H23N3O4. The normalized spacial score (nSPS) is 13.6. The highest BCUT2D eigenvalue weighted by Gasteiger charge is 2.21. The Labute approximate surface area is 157 Å².